The van der Waals surface area contributed by atoms with Gasteiger partial charge in [-0.15, -0.1) is 0 Å². The summed E-state index contributed by atoms with van der Waals surface area (Å²) in [7, 11) is 0. The molecule has 4 nitrogen and oxygen atoms in total. The van der Waals surface area contributed by atoms with E-state index in [-0.39, 0.29) is 5.91 Å². The summed E-state index contributed by atoms with van der Waals surface area (Å²) < 4.78 is 0. The monoisotopic (exact) mass is 213 g/mol. The van der Waals surface area contributed by atoms with Crippen LogP contribution in [0.5, 0.6) is 0 Å². The van der Waals surface area contributed by atoms with Crippen molar-refractivity contribution in [1.29, 1.82) is 0 Å². The standard InChI is InChI=1S/C11H23N3O/c1-2-3-5-13-11(15)4-8-14-9-6-12-7-10-14/h12H,2-10H2,1H3,(H,13,15). The normalized spacial score (nSPS) is 17.7. The molecule has 0 aromatic rings. The summed E-state index contributed by atoms with van der Waals surface area (Å²) >= 11 is 0. The van der Waals surface area contributed by atoms with Gasteiger partial charge in [-0.3, -0.25) is 4.79 Å². The molecular formula is C11H23N3O. The van der Waals surface area contributed by atoms with Crippen molar-refractivity contribution >= 4 is 5.91 Å². The Kier molecular flexibility index (Phi) is 6.36. The van der Waals surface area contributed by atoms with Gasteiger partial charge in [0.1, 0.15) is 0 Å². The second-order valence-electron chi connectivity index (χ2n) is 4.05. The molecule has 2 N–H and O–H groups in total. The van der Waals surface area contributed by atoms with E-state index in [2.05, 4.69) is 22.5 Å². The lowest BCUT2D eigenvalue weighted by Crippen LogP contribution is -2.44. The fourth-order valence-electron chi connectivity index (χ4n) is 1.69. The smallest absolute Gasteiger partial charge is 0.221 e. The van der Waals surface area contributed by atoms with Gasteiger partial charge < -0.3 is 15.5 Å². The summed E-state index contributed by atoms with van der Waals surface area (Å²) in [5.74, 6) is 0.196. The molecule has 1 aliphatic heterocycles. The molecule has 1 saturated heterocycles. The number of nitrogens with one attached hydrogen (secondary N) is 2. The number of amides is 1. The van der Waals surface area contributed by atoms with E-state index >= 15 is 0 Å². The van der Waals surface area contributed by atoms with Gasteiger partial charge in [0, 0.05) is 45.7 Å². The number of piperazine rings is 1. The molecule has 1 aliphatic rings. The lowest BCUT2D eigenvalue weighted by Gasteiger charge is -2.26. The fraction of sp³-hybridized carbons (Fsp3) is 0.909. The molecule has 0 radical (unpaired) electrons. The van der Waals surface area contributed by atoms with Gasteiger partial charge in [0.25, 0.3) is 0 Å². The lowest BCUT2D eigenvalue weighted by molar-refractivity contribution is -0.121. The Balaban J connectivity index is 2.00. The maximum absolute atomic E-state index is 11.4. The van der Waals surface area contributed by atoms with Gasteiger partial charge in [0.05, 0.1) is 0 Å². The number of hydrogen-bond acceptors (Lipinski definition) is 3. The van der Waals surface area contributed by atoms with Gasteiger partial charge in [0.15, 0.2) is 0 Å². The largest absolute Gasteiger partial charge is 0.356 e. The average molecular weight is 213 g/mol. The molecular weight excluding hydrogens is 190 g/mol. The van der Waals surface area contributed by atoms with Gasteiger partial charge in [-0.25, -0.2) is 0 Å². The van der Waals surface area contributed by atoms with E-state index in [1.165, 1.54) is 0 Å². The van der Waals surface area contributed by atoms with Crippen LogP contribution in [0, 0.1) is 0 Å². The molecule has 0 spiro atoms. The van der Waals surface area contributed by atoms with Crippen LogP contribution in [-0.4, -0.2) is 50.1 Å². The summed E-state index contributed by atoms with van der Waals surface area (Å²) in [6.45, 7) is 8.11. The lowest BCUT2D eigenvalue weighted by atomic mass is 10.3. The zero-order chi connectivity index (χ0) is 10.9. The van der Waals surface area contributed by atoms with E-state index in [9.17, 15) is 4.79 Å². The van der Waals surface area contributed by atoms with Crippen LogP contribution in [0.3, 0.4) is 0 Å². The molecule has 0 aliphatic carbocycles. The first-order valence-corrected chi connectivity index (χ1v) is 6.02. The Labute approximate surface area is 92.4 Å². The first kappa shape index (κ1) is 12.5. The third-order valence-electron chi connectivity index (χ3n) is 2.72. The number of carbonyl (C=O) groups excluding carboxylic acids is 1. The van der Waals surface area contributed by atoms with Crippen LogP contribution >= 0.6 is 0 Å². The second-order valence-corrected chi connectivity index (χ2v) is 4.05. The molecule has 1 amide bonds. The van der Waals surface area contributed by atoms with Crippen molar-refractivity contribution in [1.82, 2.24) is 15.5 Å². The average Bonchev–Trinajstić information content (AvgIpc) is 2.28. The van der Waals surface area contributed by atoms with Crippen LogP contribution in [0.25, 0.3) is 0 Å². The number of rotatable bonds is 6. The predicted octanol–water partition coefficient (Wildman–Crippen LogP) is 0.198. The molecule has 4 heteroatoms. The first-order valence-electron chi connectivity index (χ1n) is 6.02. The Morgan fingerprint density at radius 2 is 2.13 bits per heavy atom. The Hall–Kier alpha value is -0.610. The molecule has 1 fully saturated rings. The summed E-state index contributed by atoms with van der Waals surface area (Å²) in [6.07, 6.45) is 2.86. The molecule has 15 heavy (non-hydrogen) atoms. The summed E-state index contributed by atoms with van der Waals surface area (Å²) in [5, 5.41) is 6.24. The van der Waals surface area contributed by atoms with Gasteiger partial charge in [-0.2, -0.15) is 0 Å². The van der Waals surface area contributed by atoms with E-state index in [0.717, 1.165) is 52.1 Å². The van der Waals surface area contributed by atoms with Crippen LogP contribution in [0.2, 0.25) is 0 Å². The molecule has 0 aromatic heterocycles. The van der Waals surface area contributed by atoms with E-state index in [1.54, 1.807) is 0 Å². The summed E-state index contributed by atoms with van der Waals surface area (Å²) in [6, 6.07) is 0. The molecule has 0 saturated carbocycles. The topological polar surface area (TPSA) is 44.4 Å². The van der Waals surface area contributed by atoms with Crippen molar-refractivity contribution < 1.29 is 4.79 Å². The number of unbranched alkanes of at least 4 members (excludes halogenated alkanes) is 1. The van der Waals surface area contributed by atoms with Gasteiger partial charge in [-0.1, -0.05) is 13.3 Å². The highest BCUT2D eigenvalue weighted by molar-refractivity contribution is 5.75. The van der Waals surface area contributed by atoms with Crippen LogP contribution < -0.4 is 10.6 Å². The molecule has 1 rings (SSSR count). The molecule has 0 aromatic carbocycles. The second kappa shape index (κ2) is 7.65. The SMILES string of the molecule is CCCCNC(=O)CCN1CCNCC1. The Bertz CT molecular complexity index is 179. The van der Waals surface area contributed by atoms with Gasteiger partial charge in [-0.05, 0) is 6.42 Å². The van der Waals surface area contributed by atoms with Crippen molar-refractivity contribution in [3.8, 4) is 0 Å². The summed E-state index contributed by atoms with van der Waals surface area (Å²) in [5.41, 5.74) is 0. The van der Waals surface area contributed by atoms with Crippen molar-refractivity contribution in [2.45, 2.75) is 26.2 Å². The van der Waals surface area contributed by atoms with Gasteiger partial charge >= 0.3 is 0 Å². The highest BCUT2D eigenvalue weighted by Gasteiger charge is 2.10. The number of nitrogens with zero attached hydrogens (tertiary/aromatic N) is 1. The number of carbonyl (C=O) groups is 1. The van der Waals surface area contributed by atoms with E-state index in [0.29, 0.717) is 6.42 Å². The maximum atomic E-state index is 11.4. The minimum absolute atomic E-state index is 0.196. The van der Waals surface area contributed by atoms with Crippen LogP contribution in [0.1, 0.15) is 26.2 Å². The molecule has 0 bridgehead atoms. The third-order valence-corrected chi connectivity index (χ3v) is 2.72. The maximum Gasteiger partial charge on any atom is 0.221 e. The minimum Gasteiger partial charge on any atom is -0.356 e. The van der Waals surface area contributed by atoms with E-state index < -0.39 is 0 Å². The molecule has 88 valence electrons. The highest BCUT2D eigenvalue weighted by atomic mass is 16.1. The molecule has 0 atom stereocenters. The quantitative estimate of drug-likeness (QED) is 0.619. The van der Waals surface area contributed by atoms with E-state index in [4.69, 9.17) is 0 Å². The molecule has 1 heterocycles. The first-order chi connectivity index (χ1) is 7.33. The Morgan fingerprint density at radius 1 is 1.40 bits per heavy atom. The fourth-order valence-corrected chi connectivity index (χ4v) is 1.69. The Morgan fingerprint density at radius 3 is 2.80 bits per heavy atom. The van der Waals surface area contributed by atoms with Crippen molar-refractivity contribution in [2.24, 2.45) is 0 Å². The van der Waals surface area contributed by atoms with Crippen molar-refractivity contribution in [3.05, 3.63) is 0 Å². The molecule has 0 unspecified atom stereocenters. The van der Waals surface area contributed by atoms with Crippen molar-refractivity contribution in [3.63, 3.8) is 0 Å². The van der Waals surface area contributed by atoms with Gasteiger partial charge in [0.2, 0.25) is 5.91 Å². The van der Waals surface area contributed by atoms with Crippen LogP contribution in [0.15, 0.2) is 0 Å². The third kappa shape index (κ3) is 5.74. The zero-order valence-electron chi connectivity index (χ0n) is 9.72. The zero-order valence-corrected chi connectivity index (χ0v) is 9.72. The van der Waals surface area contributed by atoms with Crippen LogP contribution in [0.4, 0.5) is 0 Å². The summed E-state index contributed by atoms with van der Waals surface area (Å²) in [4.78, 5) is 13.8. The highest BCUT2D eigenvalue weighted by Crippen LogP contribution is 1.94. The predicted molar refractivity (Wildman–Crippen MR) is 61.8 cm³/mol. The van der Waals surface area contributed by atoms with Crippen LogP contribution in [-0.2, 0) is 4.79 Å². The van der Waals surface area contributed by atoms with Crippen molar-refractivity contribution in [2.75, 3.05) is 39.3 Å². The number of hydrogen-bond donors (Lipinski definition) is 2. The minimum atomic E-state index is 0.196. The van der Waals surface area contributed by atoms with E-state index in [1.807, 2.05) is 0 Å².